The fourth-order valence-electron chi connectivity index (χ4n) is 3.27. The number of rotatable bonds is 9. The normalized spacial score (nSPS) is 12.5. The molecule has 3 aromatic rings. The monoisotopic (exact) mass is 469 g/mol. The molecule has 1 aromatic heterocycles. The number of nitrogens with one attached hydrogen (secondary N) is 1. The molecule has 9 heteroatoms. The first-order valence-corrected chi connectivity index (χ1v) is 12.3. The summed E-state index contributed by atoms with van der Waals surface area (Å²) in [5, 5.41) is 4.87. The predicted octanol–water partition coefficient (Wildman–Crippen LogP) is 3.96. The van der Waals surface area contributed by atoms with Gasteiger partial charge in [0.2, 0.25) is 11.8 Å². The molecule has 0 saturated carbocycles. The molecule has 0 spiro atoms. The Kier molecular flexibility index (Phi) is 7.55. The summed E-state index contributed by atoms with van der Waals surface area (Å²) >= 11 is 1.26. The lowest BCUT2D eigenvalue weighted by atomic mass is 10.0. The third-order valence-corrected chi connectivity index (χ3v) is 6.46. The van der Waals surface area contributed by atoms with Crippen molar-refractivity contribution in [2.75, 3.05) is 11.4 Å². The molecule has 7 nitrogen and oxygen atoms in total. The maximum absolute atomic E-state index is 13.4. The number of hydrogen-bond donors (Lipinski definition) is 1. The molecule has 1 unspecified atom stereocenters. The number of fused-ring (bicyclic) bond motifs is 1. The van der Waals surface area contributed by atoms with Gasteiger partial charge in [-0.2, -0.15) is 0 Å². The Bertz CT molecular complexity index is 1250. The van der Waals surface area contributed by atoms with Gasteiger partial charge >= 0.3 is 0 Å². The van der Waals surface area contributed by atoms with Crippen LogP contribution in [0.15, 0.2) is 72.1 Å². The quantitative estimate of drug-likeness (QED) is 0.378. The van der Waals surface area contributed by atoms with Crippen LogP contribution < -0.4 is 9.62 Å². The summed E-state index contributed by atoms with van der Waals surface area (Å²) in [5.74, 6) is -2.65. The highest BCUT2D eigenvalue weighted by molar-refractivity contribution is 7.93. The zero-order chi connectivity index (χ0) is 23.1. The number of thiazole rings is 1. The molecular weight excluding hydrogens is 446 g/mol. The van der Waals surface area contributed by atoms with E-state index in [1.54, 1.807) is 24.6 Å². The van der Waals surface area contributed by atoms with E-state index in [1.807, 2.05) is 41.1 Å². The van der Waals surface area contributed by atoms with E-state index in [9.17, 15) is 18.0 Å². The number of hydrogen-bond acceptors (Lipinski definition) is 6. The van der Waals surface area contributed by atoms with Crippen LogP contribution in [0, 0.1) is 5.92 Å². The molecule has 0 aliphatic carbocycles. The summed E-state index contributed by atoms with van der Waals surface area (Å²) in [6.45, 7) is 5.73. The maximum Gasteiger partial charge on any atom is 0.257 e. The van der Waals surface area contributed by atoms with Crippen LogP contribution in [0.3, 0.4) is 0 Å². The highest BCUT2D eigenvalue weighted by atomic mass is 32.2. The van der Waals surface area contributed by atoms with E-state index in [0.717, 1.165) is 16.2 Å². The van der Waals surface area contributed by atoms with Gasteiger partial charge in [0.1, 0.15) is 10.9 Å². The van der Waals surface area contributed by atoms with Crippen LogP contribution >= 0.6 is 11.3 Å². The SMILES string of the molecule is C=CCC(C(=O)NS(=O)(=O)C=Cc1nccs1)C(=O)N(CC)c1cccc2ccccc12. The van der Waals surface area contributed by atoms with Gasteiger partial charge in [-0.15, -0.1) is 17.9 Å². The van der Waals surface area contributed by atoms with Crippen LogP contribution in [0.4, 0.5) is 5.69 Å². The lowest BCUT2D eigenvalue weighted by Gasteiger charge is -2.26. The number of aromatic nitrogens is 1. The highest BCUT2D eigenvalue weighted by Crippen LogP contribution is 2.28. The standard InChI is InChI=1S/C23H23N3O4S2/c1-3-8-19(22(27)25-32(29,30)16-13-21-24-14-15-31-21)23(28)26(4-2)20-12-7-10-17-9-5-6-11-18(17)20/h3,5-7,9-16,19H,1,4,8H2,2H3,(H,25,27). The summed E-state index contributed by atoms with van der Waals surface area (Å²) in [4.78, 5) is 31.7. The number of carbonyl (C=O) groups excluding carboxylic acids is 2. The van der Waals surface area contributed by atoms with Crippen LogP contribution in [0.5, 0.6) is 0 Å². The minimum absolute atomic E-state index is 0.00233. The first-order chi connectivity index (χ1) is 15.4. The predicted molar refractivity (Wildman–Crippen MR) is 128 cm³/mol. The first kappa shape index (κ1) is 23.4. The number of nitrogens with zero attached hydrogens (tertiary/aromatic N) is 2. The largest absolute Gasteiger partial charge is 0.311 e. The number of anilines is 1. The van der Waals surface area contributed by atoms with Crippen LogP contribution in [0.1, 0.15) is 18.4 Å². The first-order valence-electron chi connectivity index (χ1n) is 9.90. The van der Waals surface area contributed by atoms with E-state index in [2.05, 4.69) is 11.6 Å². The van der Waals surface area contributed by atoms with Gasteiger partial charge in [-0.05, 0) is 30.9 Å². The van der Waals surface area contributed by atoms with Crippen molar-refractivity contribution in [3.8, 4) is 0 Å². The maximum atomic E-state index is 13.4. The van der Waals surface area contributed by atoms with Crippen molar-refractivity contribution in [3.63, 3.8) is 0 Å². The summed E-state index contributed by atoms with van der Waals surface area (Å²) in [5.41, 5.74) is 0.656. The summed E-state index contributed by atoms with van der Waals surface area (Å²) in [6, 6.07) is 13.2. The van der Waals surface area contributed by atoms with Crippen LogP contribution in [-0.2, 0) is 19.6 Å². The van der Waals surface area contributed by atoms with Crippen molar-refractivity contribution < 1.29 is 18.0 Å². The highest BCUT2D eigenvalue weighted by Gasteiger charge is 2.32. The second kappa shape index (κ2) is 10.3. The van der Waals surface area contributed by atoms with Gasteiger partial charge in [0.25, 0.3) is 10.0 Å². The fraction of sp³-hybridized carbons (Fsp3) is 0.174. The third-order valence-electron chi connectivity index (χ3n) is 4.74. The zero-order valence-electron chi connectivity index (χ0n) is 17.5. The van der Waals surface area contributed by atoms with Crippen LogP contribution in [-0.4, -0.2) is 31.8 Å². The molecule has 0 saturated heterocycles. The van der Waals surface area contributed by atoms with E-state index in [0.29, 0.717) is 17.2 Å². The molecule has 0 radical (unpaired) electrons. The van der Waals surface area contributed by atoms with Crippen molar-refractivity contribution in [1.82, 2.24) is 9.71 Å². The number of allylic oxidation sites excluding steroid dienone is 1. The van der Waals surface area contributed by atoms with Gasteiger partial charge in [0.05, 0.1) is 11.1 Å². The topological polar surface area (TPSA) is 96.4 Å². The number of sulfonamides is 1. The summed E-state index contributed by atoms with van der Waals surface area (Å²) in [6.07, 6.45) is 4.26. The molecule has 2 aromatic carbocycles. The Morgan fingerprint density at radius 1 is 1.22 bits per heavy atom. The fourth-order valence-corrected chi connectivity index (χ4v) is 4.69. The average Bonchev–Trinajstić information content (AvgIpc) is 3.30. The summed E-state index contributed by atoms with van der Waals surface area (Å²) in [7, 11) is -4.10. The molecule has 1 heterocycles. The van der Waals surface area contributed by atoms with Gasteiger partial charge in [-0.1, -0.05) is 42.5 Å². The molecule has 3 rings (SSSR count). The van der Waals surface area contributed by atoms with Gasteiger partial charge in [0.15, 0.2) is 0 Å². The minimum Gasteiger partial charge on any atom is -0.311 e. The summed E-state index contributed by atoms with van der Waals surface area (Å²) < 4.78 is 26.7. The van der Waals surface area contributed by atoms with E-state index in [-0.39, 0.29) is 6.42 Å². The van der Waals surface area contributed by atoms with Crippen molar-refractivity contribution in [2.45, 2.75) is 13.3 Å². The second-order valence-corrected chi connectivity index (χ2v) is 9.33. The molecule has 1 atom stereocenters. The second-order valence-electron chi connectivity index (χ2n) is 6.84. The van der Waals surface area contributed by atoms with E-state index in [1.165, 1.54) is 28.4 Å². The van der Waals surface area contributed by atoms with E-state index < -0.39 is 27.8 Å². The molecule has 0 fully saturated rings. The van der Waals surface area contributed by atoms with Gasteiger partial charge < -0.3 is 4.90 Å². The van der Waals surface area contributed by atoms with Crippen LogP contribution in [0.2, 0.25) is 0 Å². The van der Waals surface area contributed by atoms with Gasteiger partial charge in [-0.25, -0.2) is 18.1 Å². The van der Waals surface area contributed by atoms with E-state index in [4.69, 9.17) is 0 Å². The Morgan fingerprint density at radius 2 is 1.97 bits per heavy atom. The Balaban J connectivity index is 1.86. The Labute approximate surface area is 191 Å². The Morgan fingerprint density at radius 3 is 2.66 bits per heavy atom. The molecule has 1 N–H and O–H groups in total. The average molecular weight is 470 g/mol. The molecular formula is C23H23N3O4S2. The van der Waals surface area contributed by atoms with Crippen LogP contribution in [0.25, 0.3) is 16.8 Å². The lowest BCUT2D eigenvalue weighted by Crippen LogP contribution is -2.45. The number of benzene rings is 2. The van der Waals surface area contributed by atoms with Gasteiger partial charge in [0, 0.05) is 23.5 Å². The Hall–Kier alpha value is -3.30. The zero-order valence-corrected chi connectivity index (χ0v) is 19.1. The number of amides is 2. The molecule has 32 heavy (non-hydrogen) atoms. The molecule has 2 amide bonds. The third kappa shape index (κ3) is 5.49. The van der Waals surface area contributed by atoms with Crippen molar-refractivity contribution >= 4 is 55.7 Å². The minimum atomic E-state index is -4.10. The molecule has 166 valence electrons. The number of carbonyl (C=O) groups is 2. The lowest BCUT2D eigenvalue weighted by molar-refractivity contribution is -0.132. The smallest absolute Gasteiger partial charge is 0.257 e. The van der Waals surface area contributed by atoms with Crippen molar-refractivity contribution in [2.24, 2.45) is 5.92 Å². The molecule has 0 aliphatic heterocycles. The van der Waals surface area contributed by atoms with Crippen molar-refractivity contribution in [1.29, 1.82) is 0 Å². The van der Waals surface area contributed by atoms with E-state index >= 15 is 0 Å². The van der Waals surface area contributed by atoms with Crippen molar-refractivity contribution in [3.05, 3.63) is 77.1 Å². The molecule has 0 aliphatic rings. The van der Waals surface area contributed by atoms with Gasteiger partial charge in [-0.3, -0.25) is 9.59 Å². The molecule has 0 bridgehead atoms.